The summed E-state index contributed by atoms with van der Waals surface area (Å²) >= 11 is 0. The van der Waals surface area contributed by atoms with Gasteiger partial charge in [-0.3, -0.25) is 0 Å². The Morgan fingerprint density at radius 2 is 2.00 bits per heavy atom. The van der Waals surface area contributed by atoms with E-state index in [-0.39, 0.29) is 5.95 Å². The van der Waals surface area contributed by atoms with E-state index in [9.17, 15) is 0 Å². The van der Waals surface area contributed by atoms with Crippen molar-refractivity contribution in [3.63, 3.8) is 0 Å². The summed E-state index contributed by atoms with van der Waals surface area (Å²) < 4.78 is 11.7. The number of ether oxygens (including phenoxy) is 2. The molecule has 6 heteroatoms. The smallest absolute Gasteiger partial charge is 0.219 e. The molecular weight excluding hydrogens is 220 g/mol. The molecule has 0 amide bonds. The van der Waals surface area contributed by atoms with Crippen LogP contribution < -0.4 is 21.1 Å². The van der Waals surface area contributed by atoms with Crippen LogP contribution in [0.25, 0.3) is 11.3 Å². The Kier molecular flexibility index (Phi) is 2.78. The Bertz CT molecular complexity index is 517. The van der Waals surface area contributed by atoms with Crippen LogP contribution in [0.3, 0.4) is 0 Å². The summed E-state index contributed by atoms with van der Waals surface area (Å²) in [4.78, 5) is 4.14. The van der Waals surface area contributed by atoms with Gasteiger partial charge in [0.15, 0.2) is 0 Å². The van der Waals surface area contributed by atoms with Crippen molar-refractivity contribution in [2.75, 3.05) is 25.8 Å². The fourth-order valence-electron chi connectivity index (χ4n) is 1.55. The number of nitrogens with zero attached hydrogens (tertiary/aromatic N) is 2. The molecule has 0 unspecified atom stereocenters. The molecule has 1 aromatic carbocycles. The summed E-state index contributed by atoms with van der Waals surface area (Å²) in [5.74, 6) is 7.24. The summed E-state index contributed by atoms with van der Waals surface area (Å²) in [7, 11) is 3.19. The fraction of sp³-hybridized carbons (Fsp3) is 0.182. The van der Waals surface area contributed by atoms with E-state index < -0.39 is 0 Å². The van der Waals surface area contributed by atoms with Crippen molar-refractivity contribution < 1.29 is 9.47 Å². The van der Waals surface area contributed by atoms with Gasteiger partial charge in [-0.2, -0.15) is 0 Å². The van der Waals surface area contributed by atoms with E-state index in [2.05, 4.69) is 4.98 Å². The normalized spacial score (nSPS) is 10.2. The van der Waals surface area contributed by atoms with Gasteiger partial charge in [0.25, 0.3) is 0 Å². The molecule has 2 rings (SSSR count). The number of hydrogen-bond acceptors (Lipinski definition) is 5. The van der Waals surface area contributed by atoms with Crippen molar-refractivity contribution in [1.82, 2.24) is 9.66 Å². The van der Waals surface area contributed by atoms with E-state index >= 15 is 0 Å². The summed E-state index contributed by atoms with van der Waals surface area (Å²) in [6, 6.07) is 5.44. The highest BCUT2D eigenvalue weighted by molar-refractivity contribution is 5.69. The van der Waals surface area contributed by atoms with Gasteiger partial charge < -0.3 is 21.1 Å². The number of rotatable bonds is 3. The van der Waals surface area contributed by atoms with Crippen molar-refractivity contribution in [2.24, 2.45) is 0 Å². The van der Waals surface area contributed by atoms with E-state index in [1.807, 2.05) is 12.1 Å². The minimum absolute atomic E-state index is 0.241. The third-order valence-electron chi connectivity index (χ3n) is 2.44. The van der Waals surface area contributed by atoms with Gasteiger partial charge in [-0.15, -0.1) is 0 Å². The third kappa shape index (κ3) is 1.96. The maximum absolute atomic E-state index is 5.60. The van der Waals surface area contributed by atoms with Crippen LogP contribution in [-0.4, -0.2) is 23.9 Å². The van der Waals surface area contributed by atoms with Crippen molar-refractivity contribution in [2.45, 2.75) is 0 Å². The van der Waals surface area contributed by atoms with Crippen molar-refractivity contribution >= 4 is 5.95 Å². The number of hydrogen-bond donors (Lipinski definition) is 2. The van der Waals surface area contributed by atoms with E-state index in [0.29, 0.717) is 17.2 Å². The van der Waals surface area contributed by atoms with Crippen LogP contribution in [0.4, 0.5) is 5.95 Å². The van der Waals surface area contributed by atoms with Crippen LogP contribution in [0.15, 0.2) is 24.4 Å². The van der Waals surface area contributed by atoms with Crippen LogP contribution >= 0.6 is 0 Å². The lowest BCUT2D eigenvalue weighted by atomic mass is 10.1. The molecule has 0 aliphatic rings. The van der Waals surface area contributed by atoms with Crippen LogP contribution in [0, 0.1) is 0 Å². The first-order valence-electron chi connectivity index (χ1n) is 4.98. The van der Waals surface area contributed by atoms with Crippen molar-refractivity contribution in [3.8, 4) is 22.8 Å². The van der Waals surface area contributed by atoms with E-state index in [0.717, 1.165) is 5.56 Å². The lowest BCUT2D eigenvalue weighted by Gasteiger charge is -2.08. The molecule has 0 fully saturated rings. The first kappa shape index (κ1) is 11.1. The third-order valence-corrected chi connectivity index (χ3v) is 2.44. The minimum Gasteiger partial charge on any atom is -0.497 e. The van der Waals surface area contributed by atoms with Gasteiger partial charge in [-0.05, 0) is 18.2 Å². The topological polar surface area (TPSA) is 88.3 Å². The molecule has 0 atom stereocenters. The van der Waals surface area contributed by atoms with Gasteiger partial charge in [0.2, 0.25) is 5.95 Å². The highest BCUT2D eigenvalue weighted by Gasteiger charge is 2.12. The van der Waals surface area contributed by atoms with Crippen LogP contribution in [0.2, 0.25) is 0 Å². The molecule has 2 aromatic rings. The molecule has 1 heterocycles. The number of nitrogens with two attached hydrogens (primary N) is 2. The van der Waals surface area contributed by atoms with Gasteiger partial charge in [0.1, 0.15) is 11.5 Å². The van der Waals surface area contributed by atoms with Crippen LogP contribution in [-0.2, 0) is 0 Å². The standard InChI is InChI=1S/C11H14N4O2/c1-16-7-3-4-10(17-2)8(5-7)9-6-15(13)11(12)14-9/h3-6H,13H2,1-2H3,(H2,12,14). The van der Waals surface area contributed by atoms with E-state index in [1.165, 1.54) is 4.68 Å². The van der Waals surface area contributed by atoms with Crippen molar-refractivity contribution in [1.29, 1.82) is 0 Å². The second-order valence-electron chi connectivity index (χ2n) is 3.46. The molecule has 90 valence electrons. The monoisotopic (exact) mass is 234 g/mol. The zero-order valence-corrected chi connectivity index (χ0v) is 9.68. The van der Waals surface area contributed by atoms with E-state index in [4.69, 9.17) is 21.1 Å². The predicted molar refractivity (Wildman–Crippen MR) is 65.3 cm³/mol. The molecule has 1 aromatic heterocycles. The summed E-state index contributed by atoms with van der Waals surface area (Å²) in [6.45, 7) is 0. The highest BCUT2D eigenvalue weighted by atomic mass is 16.5. The molecular formula is C11H14N4O2. The second kappa shape index (κ2) is 4.25. The van der Waals surface area contributed by atoms with E-state index in [1.54, 1.807) is 26.5 Å². The highest BCUT2D eigenvalue weighted by Crippen LogP contribution is 2.32. The minimum atomic E-state index is 0.241. The molecule has 0 radical (unpaired) electrons. The second-order valence-corrected chi connectivity index (χ2v) is 3.46. The zero-order valence-electron chi connectivity index (χ0n) is 9.68. The number of nitrogen functional groups attached to an aromatic ring is 2. The van der Waals surface area contributed by atoms with Gasteiger partial charge in [0.05, 0.1) is 26.1 Å². The molecule has 0 saturated heterocycles. The number of anilines is 1. The average Bonchev–Trinajstić information content (AvgIpc) is 2.68. The molecule has 0 aliphatic carbocycles. The molecule has 0 aliphatic heterocycles. The molecule has 4 N–H and O–H groups in total. The summed E-state index contributed by atoms with van der Waals surface area (Å²) in [5, 5.41) is 0. The Balaban J connectivity index is 2.55. The summed E-state index contributed by atoms with van der Waals surface area (Å²) in [6.07, 6.45) is 1.63. The molecule has 17 heavy (non-hydrogen) atoms. The first-order chi connectivity index (χ1) is 8.15. The maximum Gasteiger partial charge on any atom is 0.219 e. The molecule has 6 nitrogen and oxygen atoms in total. The predicted octanol–water partition coefficient (Wildman–Crippen LogP) is 0.863. The molecule has 0 bridgehead atoms. The Labute approximate surface area is 98.7 Å². The SMILES string of the molecule is COc1ccc(OC)c(-c2cn(N)c(N)n2)c1. The average molecular weight is 234 g/mol. The first-order valence-corrected chi connectivity index (χ1v) is 4.98. The van der Waals surface area contributed by atoms with Crippen molar-refractivity contribution in [3.05, 3.63) is 24.4 Å². The largest absolute Gasteiger partial charge is 0.497 e. The number of methoxy groups -OCH3 is 2. The van der Waals surface area contributed by atoms with Gasteiger partial charge >= 0.3 is 0 Å². The Morgan fingerprint density at radius 1 is 1.24 bits per heavy atom. The van der Waals surface area contributed by atoms with Gasteiger partial charge in [-0.25, -0.2) is 9.66 Å². The Morgan fingerprint density at radius 3 is 2.53 bits per heavy atom. The Hall–Kier alpha value is -2.37. The summed E-state index contributed by atoms with van der Waals surface area (Å²) in [5.41, 5.74) is 7.01. The lowest BCUT2D eigenvalue weighted by Crippen LogP contribution is -2.09. The number of benzene rings is 1. The number of imidazole rings is 1. The van der Waals surface area contributed by atoms with Gasteiger partial charge in [-0.1, -0.05) is 0 Å². The van der Waals surface area contributed by atoms with Crippen LogP contribution in [0.5, 0.6) is 11.5 Å². The fourth-order valence-corrected chi connectivity index (χ4v) is 1.55. The number of aromatic nitrogens is 2. The zero-order chi connectivity index (χ0) is 12.4. The maximum atomic E-state index is 5.60. The van der Waals surface area contributed by atoms with Crippen LogP contribution in [0.1, 0.15) is 0 Å². The quantitative estimate of drug-likeness (QED) is 0.769. The van der Waals surface area contributed by atoms with Gasteiger partial charge in [0, 0.05) is 5.56 Å². The molecule has 0 spiro atoms. The molecule has 0 saturated carbocycles. The lowest BCUT2D eigenvalue weighted by molar-refractivity contribution is 0.404.